The van der Waals surface area contributed by atoms with E-state index in [1.54, 1.807) is 33.7 Å². The van der Waals surface area contributed by atoms with Crippen molar-refractivity contribution in [2.24, 2.45) is 41.2 Å². The number of halogens is 5. The number of ketones is 1. The number of anilines is 3. The summed E-state index contributed by atoms with van der Waals surface area (Å²) in [5.41, 5.74) is 9.01. The van der Waals surface area contributed by atoms with E-state index >= 15 is 0 Å². The number of Topliss-reactive ketones (excluding diaryl/α,β-unsaturated/α-hetero) is 1. The van der Waals surface area contributed by atoms with Crippen molar-refractivity contribution in [3.8, 4) is 0 Å². The molecule has 0 aromatic carbocycles. The molecule has 8 N–H and O–H groups in total. The fourth-order valence-corrected chi connectivity index (χ4v) is 14.0. The van der Waals surface area contributed by atoms with E-state index in [0.717, 1.165) is 51.4 Å². The third kappa shape index (κ3) is 10.9. The van der Waals surface area contributed by atoms with Gasteiger partial charge in [-0.1, -0.05) is 64.5 Å². The zero-order valence-electron chi connectivity index (χ0n) is 37.7. The van der Waals surface area contributed by atoms with Crippen LogP contribution in [0.4, 0.5) is 17.3 Å². The van der Waals surface area contributed by atoms with E-state index in [1.807, 2.05) is 0 Å². The molecule has 6 saturated carbocycles. The summed E-state index contributed by atoms with van der Waals surface area (Å²) in [6, 6.07) is 7.66. The summed E-state index contributed by atoms with van der Waals surface area (Å²) in [7, 11) is 0. The molecule has 75 heavy (non-hydrogen) atoms. The highest BCUT2D eigenvalue weighted by Gasteiger charge is 2.62. The van der Waals surface area contributed by atoms with Gasteiger partial charge in [0.05, 0.1) is 24.0 Å². The number of rotatable bonds is 3. The number of hydrogen-bond donors (Lipinski definition) is 6. The molecule has 2 spiro atoms. The Morgan fingerprint density at radius 1 is 0.627 bits per heavy atom. The fourth-order valence-electron chi connectivity index (χ4n) is 12.2. The molecule has 0 unspecified atom stereocenters. The molecule has 3 amide bonds. The van der Waals surface area contributed by atoms with E-state index in [2.05, 4.69) is 72.7 Å². The van der Waals surface area contributed by atoms with Crippen LogP contribution in [0.2, 0.25) is 15.1 Å². The lowest BCUT2D eigenvalue weighted by atomic mass is 9.98. The van der Waals surface area contributed by atoms with Crippen LogP contribution in [-0.2, 0) is 16.1 Å². The highest BCUT2D eigenvalue weighted by molar-refractivity contribution is 9.10. The molecule has 8 aliphatic rings. The van der Waals surface area contributed by atoms with E-state index in [-0.39, 0.29) is 90.4 Å². The molecule has 13 rings (SSSR count). The number of nitrogen functional groups attached to an aromatic ring is 1. The molecule has 6 aliphatic carbocycles. The number of nitrogens with one attached hydrogen (secondary N) is 4. The number of H-pyrrole nitrogens is 1. The summed E-state index contributed by atoms with van der Waals surface area (Å²) >= 11 is 24.4. The van der Waals surface area contributed by atoms with Gasteiger partial charge in [-0.15, -0.1) is 0 Å². The van der Waals surface area contributed by atoms with E-state index in [1.165, 1.54) is 56.5 Å². The van der Waals surface area contributed by atoms with Gasteiger partial charge < -0.3 is 32.4 Å². The van der Waals surface area contributed by atoms with Crippen molar-refractivity contribution in [1.29, 1.82) is 0 Å². The average molecular weight is 1220 g/mol. The summed E-state index contributed by atoms with van der Waals surface area (Å²) in [6.07, 6.45) is 19.2. The highest BCUT2D eigenvalue weighted by atomic mass is 79.9. The van der Waals surface area contributed by atoms with Gasteiger partial charge in [0.15, 0.2) is 0 Å². The maximum absolute atomic E-state index is 13.2. The smallest absolute Gasteiger partial charge is 0.276 e. The first kappa shape index (κ1) is 60.4. The van der Waals surface area contributed by atoms with Crippen molar-refractivity contribution >= 4 is 107 Å². The first-order chi connectivity index (χ1) is 34.0. The maximum Gasteiger partial charge on any atom is 0.276 e. The van der Waals surface area contributed by atoms with Crippen LogP contribution in [0.15, 0.2) is 78.7 Å². The molecule has 7 heterocycles. The first-order valence-corrected chi connectivity index (χ1v) is 25.9. The van der Waals surface area contributed by atoms with Crippen LogP contribution < -0.4 is 44.1 Å². The topological polar surface area (TPSA) is 285 Å². The molecular formula is C51H63Br2Cl3N12O7. The molecule has 0 saturated heterocycles. The summed E-state index contributed by atoms with van der Waals surface area (Å²) in [5, 5.41) is 9.94. The predicted molar refractivity (Wildman–Crippen MR) is 298 cm³/mol. The summed E-state index contributed by atoms with van der Waals surface area (Å²) in [5.74, 6) is 2.63. The highest BCUT2D eigenvalue weighted by Crippen LogP contribution is 2.58. The van der Waals surface area contributed by atoms with Gasteiger partial charge >= 0.3 is 0 Å². The van der Waals surface area contributed by atoms with Crippen LogP contribution >= 0.6 is 66.7 Å². The molecular weight excluding hydrogens is 1160 g/mol. The second-order valence-corrected chi connectivity index (χ2v) is 21.6. The Morgan fingerprint density at radius 2 is 1.07 bits per heavy atom. The normalized spacial score (nSPS) is 25.6. The number of fused-ring (bicyclic) bond motifs is 4. The number of nitrogens with two attached hydrogens (primary N) is 2. The van der Waals surface area contributed by atoms with Crippen LogP contribution in [0, 0.1) is 35.5 Å². The second kappa shape index (κ2) is 24.2. The first-order valence-electron chi connectivity index (χ1n) is 23.1. The van der Waals surface area contributed by atoms with Gasteiger partial charge in [0.1, 0.15) is 64.2 Å². The SMILES string of the molecule is C.C.C.C.NC(=O)c1[nH]c(=O)c(Br)cc1Cl.Nc1ccncn1.O=C1C2CCC1CC2.O=C1NC2(C3CCC2CC3)n2c1c(Cl)cc(Br)c2=O.O=C1NC2(C3CCC2CC3)n2c1c(Cl)cc(Nc1ccncn1)c2=O. The number of carbonyl (C=O) groups is 4. The number of pyridine rings is 3. The number of carbonyl (C=O) groups excluding carboxylic acids is 4. The van der Waals surface area contributed by atoms with Crippen molar-refractivity contribution in [2.45, 2.75) is 118 Å². The summed E-state index contributed by atoms with van der Waals surface area (Å²) < 4.78 is 3.94. The fraction of sp³-hybridized carbons (Fsp3) is 0.471. The Labute approximate surface area is 466 Å². The summed E-state index contributed by atoms with van der Waals surface area (Å²) in [4.78, 5) is 101. The van der Waals surface area contributed by atoms with Crippen molar-refractivity contribution in [3.63, 3.8) is 0 Å². The minimum atomic E-state index is -0.760. The monoisotopic (exact) mass is 1220 g/mol. The molecule has 6 bridgehead atoms. The molecule has 0 radical (unpaired) electrons. The lowest BCUT2D eigenvalue weighted by Crippen LogP contribution is -2.51. The van der Waals surface area contributed by atoms with E-state index in [9.17, 15) is 33.6 Å². The zero-order valence-corrected chi connectivity index (χ0v) is 43.2. The maximum atomic E-state index is 13.2. The molecule has 6 fully saturated rings. The van der Waals surface area contributed by atoms with Crippen LogP contribution in [0.25, 0.3) is 0 Å². The van der Waals surface area contributed by atoms with Gasteiger partial charge in [0.2, 0.25) is 0 Å². The van der Waals surface area contributed by atoms with Crippen molar-refractivity contribution in [3.05, 3.63) is 128 Å². The summed E-state index contributed by atoms with van der Waals surface area (Å²) in [6.45, 7) is 0. The Morgan fingerprint density at radius 3 is 1.45 bits per heavy atom. The zero-order chi connectivity index (χ0) is 50.5. The van der Waals surface area contributed by atoms with Crippen LogP contribution in [0.3, 0.4) is 0 Å². The van der Waals surface area contributed by atoms with Crippen LogP contribution in [0.5, 0.6) is 0 Å². The minimum Gasteiger partial charge on any atom is -0.384 e. The third-order valence-corrected chi connectivity index (χ3v) is 17.2. The average Bonchev–Trinajstić information content (AvgIpc) is 4.27. The Bertz CT molecular complexity index is 3080. The molecule has 0 atom stereocenters. The molecule has 5 aromatic heterocycles. The number of primary amides is 1. The molecule has 19 nitrogen and oxygen atoms in total. The lowest BCUT2D eigenvalue weighted by Gasteiger charge is -2.32. The standard InChI is InChI=1S/C17H16ClN5O2.C13H12BrClN2O2.C7H10O.C6H4BrClN2O2.C4H5N3.4CH4/c18-11-7-12(21-13-5-6-19-8-20-13)16(25)23-14(11)15(24)22-17(23)9-1-2-10(17)4-3-9;14-8-5-9(15)10-11(18)16-13(17(10)12(8)19)6-1-2-7(13)4-3-6;8-7-5-1-2-6(7)4-3-5;7-2-1-3(8)4(5(9)11)10-6(2)12;5-4-1-2-6-3-7-4;;;;/h5-10H,1-4H2,(H,22,24)(H,19,20,21);5-7H,1-4H2,(H,16,18);5-6H,1-4H2;1H,(H2,9,11)(H,10,12);1-3H,(H2,5,6,7);4*1H4. The number of nitrogens with zero attached hydrogens (tertiary/aromatic N) is 6. The molecule has 404 valence electrons. The van der Waals surface area contributed by atoms with Crippen molar-refractivity contribution < 1.29 is 19.2 Å². The van der Waals surface area contributed by atoms with E-state index in [4.69, 9.17) is 46.3 Å². The van der Waals surface area contributed by atoms with Gasteiger partial charge in [0, 0.05) is 47.9 Å². The second-order valence-electron chi connectivity index (χ2n) is 18.7. The van der Waals surface area contributed by atoms with Gasteiger partial charge in [-0.05, 0) is 139 Å². The minimum absolute atomic E-state index is 0. The van der Waals surface area contributed by atoms with E-state index in [0.29, 0.717) is 62.0 Å². The van der Waals surface area contributed by atoms with E-state index < -0.39 is 22.8 Å². The number of hydrogen-bond acceptors (Lipinski definition) is 13. The molecule has 5 aromatic rings. The number of aromatic nitrogens is 7. The predicted octanol–water partition coefficient (Wildman–Crippen LogP) is 9.60. The van der Waals surface area contributed by atoms with Gasteiger partial charge in [-0.3, -0.25) is 42.7 Å². The Hall–Kier alpha value is -5.48. The van der Waals surface area contributed by atoms with Crippen molar-refractivity contribution in [2.75, 3.05) is 11.1 Å². The van der Waals surface area contributed by atoms with Crippen LogP contribution in [0.1, 0.15) is 138 Å². The van der Waals surface area contributed by atoms with Crippen LogP contribution in [-0.4, -0.2) is 57.6 Å². The number of aromatic amines is 1. The van der Waals surface area contributed by atoms with Gasteiger partial charge in [0.25, 0.3) is 34.4 Å². The van der Waals surface area contributed by atoms with Crippen molar-refractivity contribution in [1.82, 2.24) is 44.7 Å². The van der Waals surface area contributed by atoms with Gasteiger partial charge in [-0.2, -0.15) is 0 Å². The largest absolute Gasteiger partial charge is 0.384 e. The lowest BCUT2D eigenvalue weighted by molar-refractivity contribution is -0.121. The molecule has 2 aliphatic heterocycles. The third-order valence-electron chi connectivity index (χ3n) is 15.2. The quantitative estimate of drug-likeness (QED) is 0.0982. The number of amides is 3. The Balaban J connectivity index is 0.000000184. The Kier molecular flexibility index (Phi) is 19.5. The molecule has 24 heteroatoms. The van der Waals surface area contributed by atoms with Gasteiger partial charge in [-0.25, -0.2) is 19.9 Å².